The van der Waals surface area contributed by atoms with Crippen molar-refractivity contribution in [3.63, 3.8) is 0 Å². The van der Waals surface area contributed by atoms with Crippen LogP contribution in [0.15, 0.2) is 78.9 Å². The molecule has 0 saturated carbocycles. The maximum atomic E-state index is 12.5. The lowest BCUT2D eigenvalue weighted by Crippen LogP contribution is -2.35. The van der Waals surface area contributed by atoms with Gasteiger partial charge in [-0.2, -0.15) is 5.10 Å². The molecular formula is C24H20N4O2. The summed E-state index contributed by atoms with van der Waals surface area (Å²) >= 11 is 0. The van der Waals surface area contributed by atoms with Crippen LogP contribution in [0, 0.1) is 5.92 Å². The van der Waals surface area contributed by atoms with Crippen LogP contribution < -0.4 is 10.6 Å². The summed E-state index contributed by atoms with van der Waals surface area (Å²) in [5, 5.41) is 12.7. The Kier molecular flexibility index (Phi) is 4.52. The van der Waals surface area contributed by atoms with Crippen LogP contribution >= 0.6 is 0 Å². The van der Waals surface area contributed by atoms with Gasteiger partial charge in [-0.05, 0) is 29.0 Å². The van der Waals surface area contributed by atoms with Gasteiger partial charge >= 0.3 is 0 Å². The maximum Gasteiger partial charge on any atom is 0.231 e. The van der Waals surface area contributed by atoms with Gasteiger partial charge in [-0.1, -0.05) is 54.6 Å². The fourth-order valence-corrected chi connectivity index (χ4v) is 3.78. The molecule has 5 rings (SSSR count). The minimum atomic E-state index is -0.467. The largest absolute Gasteiger partial charge is 0.326 e. The highest BCUT2D eigenvalue weighted by atomic mass is 16.2. The van der Waals surface area contributed by atoms with Crippen LogP contribution in [0.4, 0.5) is 11.5 Å². The predicted molar refractivity (Wildman–Crippen MR) is 117 cm³/mol. The molecule has 0 fully saturated rings. The van der Waals surface area contributed by atoms with E-state index in [-0.39, 0.29) is 18.2 Å². The van der Waals surface area contributed by atoms with E-state index in [9.17, 15) is 9.59 Å². The lowest BCUT2D eigenvalue weighted by Gasteiger charge is -2.22. The molecule has 1 aliphatic heterocycles. The minimum absolute atomic E-state index is 0.103. The molecule has 3 aromatic carbocycles. The minimum Gasteiger partial charge on any atom is -0.326 e. The molecule has 0 aliphatic carbocycles. The normalized spacial score (nSPS) is 15.5. The number of rotatable bonds is 4. The first-order valence-electron chi connectivity index (χ1n) is 9.88. The number of hydrogen-bond acceptors (Lipinski definition) is 3. The van der Waals surface area contributed by atoms with Crippen LogP contribution in [0.2, 0.25) is 0 Å². The number of nitrogens with one attached hydrogen (secondary N) is 2. The van der Waals surface area contributed by atoms with E-state index in [1.165, 1.54) is 5.39 Å². The average molecular weight is 396 g/mol. The zero-order valence-electron chi connectivity index (χ0n) is 16.2. The van der Waals surface area contributed by atoms with Crippen molar-refractivity contribution in [1.29, 1.82) is 0 Å². The lowest BCUT2D eigenvalue weighted by molar-refractivity contribution is -0.125. The molecular weight excluding hydrogens is 376 g/mol. The third-order valence-corrected chi connectivity index (χ3v) is 5.33. The molecule has 2 amide bonds. The van der Waals surface area contributed by atoms with Crippen molar-refractivity contribution in [2.24, 2.45) is 5.92 Å². The molecule has 1 atom stereocenters. The van der Waals surface area contributed by atoms with Crippen LogP contribution in [0.25, 0.3) is 22.0 Å². The van der Waals surface area contributed by atoms with Crippen molar-refractivity contribution in [2.45, 2.75) is 13.0 Å². The van der Waals surface area contributed by atoms with E-state index in [1.807, 2.05) is 54.6 Å². The summed E-state index contributed by atoms with van der Waals surface area (Å²) in [5.74, 6) is -0.157. The lowest BCUT2D eigenvalue weighted by atomic mass is 10.0. The highest BCUT2D eigenvalue weighted by Gasteiger charge is 2.29. The second-order valence-corrected chi connectivity index (χ2v) is 7.46. The molecule has 1 aliphatic rings. The van der Waals surface area contributed by atoms with Crippen LogP contribution in [-0.2, 0) is 16.1 Å². The first-order chi connectivity index (χ1) is 14.7. The first kappa shape index (κ1) is 18.1. The highest BCUT2D eigenvalue weighted by molar-refractivity contribution is 5.99. The smallest absolute Gasteiger partial charge is 0.231 e. The number of amides is 2. The van der Waals surface area contributed by atoms with Crippen LogP contribution in [-0.4, -0.2) is 21.6 Å². The number of carbonyl (C=O) groups is 2. The Morgan fingerprint density at radius 2 is 1.77 bits per heavy atom. The van der Waals surface area contributed by atoms with E-state index in [2.05, 4.69) is 40.0 Å². The molecule has 1 unspecified atom stereocenters. The van der Waals surface area contributed by atoms with Crippen molar-refractivity contribution in [1.82, 2.24) is 9.78 Å². The van der Waals surface area contributed by atoms with Gasteiger partial charge in [-0.25, -0.2) is 4.68 Å². The maximum absolute atomic E-state index is 12.5. The summed E-state index contributed by atoms with van der Waals surface area (Å²) in [7, 11) is 0. The molecule has 0 radical (unpaired) electrons. The molecule has 0 saturated heterocycles. The van der Waals surface area contributed by atoms with E-state index < -0.39 is 5.92 Å². The number of nitrogens with zero attached hydrogens (tertiary/aromatic N) is 2. The standard InChI is InChI=1S/C24H20N4O2/c29-23(25-20-8-2-1-3-9-20)13-19-15-28-22(26-24(19)30)14-21(27-28)18-11-10-16-6-4-5-7-17(16)12-18/h1-12,14,19H,13,15H2,(H,25,29)(H,26,30). The zero-order chi connectivity index (χ0) is 20.5. The van der Waals surface area contributed by atoms with Crippen molar-refractivity contribution < 1.29 is 9.59 Å². The predicted octanol–water partition coefficient (Wildman–Crippen LogP) is 4.30. The van der Waals surface area contributed by atoms with E-state index in [0.717, 1.165) is 22.3 Å². The summed E-state index contributed by atoms with van der Waals surface area (Å²) in [6.07, 6.45) is 0.103. The van der Waals surface area contributed by atoms with Crippen molar-refractivity contribution in [2.75, 3.05) is 10.6 Å². The number of benzene rings is 3. The van der Waals surface area contributed by atoms with Crippen molar-refractivity contribution >= 4 is 34.1 Å². The second kappa shape index (κ2) is 7.48. The third kappa shape index (κ3) is 3.55. The summed E-state index contributed by atoms with van der Waals surface area (Å²) in [6.45, 7) is 0.372. The molecule has 1 aromatic heterocycles. The van der Waals surface area contributed by atoms with E-state index >= 15 is 0 Å². The Labute approximate surface area is 173 Å². The van der Waals surface area contributed by atoms with Crippen molar-refractivity contribution in [3.05, 3.63) is 78.9 Å². The SMILES string of the molecule is O=C(CC1Cn2nc(-c3ccc4ccccc4c3)cc2NC1=O)Nc1ccccc1. The molecule has 6 heteroatoms. The zero-order valence-corrected chi connectivity index (χ0v) is 16.2. The monoisotopic (exact) mass is 396 g/mol. The summed E-state index contributed by atoms with van der Waals surface area (Å²) in [5.41, 5.74) is 2.51. The average Bonchev–Trinajstić information content (AvgIpc) is 3.17. The summed E-state index contributed by atoms with van der Waals surface area (Å²) in [4.78, 5) is 24.9. The Hall–Kier alpha value is -3.93. The molecule has 0 bridgehead atoms. The number of fused-ring (bicyclic) bond motifs is 2. The Morgan fingerprint density at radius 3 is 2.60 bits per heavy atom. The quantitative estimate of drug-likeness (QED) is 0.540. The van der Waals surface area contributed by atoms with Gasteiger partial charge in [-0.3, -0.25) is 9.59 Å². The number of hydrogen-bond donors (Lipinski definition) is 2. The van der Waals surface area contributed by atoms with Gasteiger partial charge < -0.3 is 10.6 Å². The van der Waals surface area contributed by atoms with Crippen LogP contribution in [0.3, 0.4) is 0 Å². The van der Waals surface area contributed by atoms with Crippen LogP contribution in [0.1, 0.15) is 6.42 Å². The van der Waals surface area contributed by atoms with E-state index in [0.29, 0.717) is 12.4 Å². The van der Waals surface area contributed by atoms with Crippen LogP contribution in [0.5, 0.6) is 0 Å². The van der Waals surface area contributed by atoms with Gasteiger partial charge in [0.1, 0.15) is 5.82 Å². The fourth-order valence-electron chi connectivity index (χ4n) is 3.78. The Bertz CT molecular complexity index is 1250. The second-order valence-electron chi connectivity index (χ2n) is 7.46. The Morgan fingerprint density at radius 1 is 1.00 bits per heavy atom. The van der Waals surface area contributed by atoms with Gasteiger partial charge in [0.05, 0.1) is 18.2 Å². The van der Waals surface area contributed by atoms with Gasteiger partial charge in [0.15, 0.2) is 0 Å². The molecule has 2 heterocycles. The molecule has 148 valence electrons. The van der Waals surface area contributed by atoms with E-state index in [4.69, 9.17) is 0 Å². The van der Waals surface area contributed by atoms with Gasteiger partial charge in [-0.15, -0.1) is 0 Å². The van der Waals surface area contributed by atoms with E-state index in [1.54, 1.807) is 4.68 Å². The highest BCUT2D eigenvalue weighted by Crippen LogP contribution is 2.29. The van der Waals surface area contributed by atoms with Gasteiger partial charge in [0.25, 0.3) is 0 Å². The van der Waals surface area contributed by atoms with Gasteiger partial charge in [0.2, 0.25) is 11.8 Å². The molecule has 0 spiro atoms. The molecule has 6 nitrogen and oxygen atoms in total. The molecule has 2 N–H and O–H groups in total. The first-order valence-corrected chi connectivity index (χ1v) is 9.88. The fraction of sp³-hybridized carbons (Fsp3) is 0.125. The number of carbonyl (C=O) groups excluding carboxylic acids is 2. The summed E-state index contributed by atoms with van der Waals surface area (Å²) < 4.78 is 1.77. The molecule has 4 aromatic rings. The van der Waals surface area contributed by atoms with Gasteiger partial charge in [0, 0.05) is 23.7 Å². The Balaban J connectivity index is 1.34. The number of para-hydroxylation sites is 1. The number of aromatic nitrogens is 2. The third-order valence-electron chi connectivity index (χ3n) is 5.33. The number of anilines is 2. The summed E-state index contributed by atoms with van der Waals surface area (Å²) in [6, 6.07) is 25.5. The van der Waals surface area contributed by atoms with Crippen molar-refractivity contribution in [3.8, 4) is 11.3 Å². The molecule has 30 heavy (non-hydrogen) atoms. The topological polar surface area (TPSA) is 76.0 Å².